The lowest BCUT2D eigenvalue weighted by Gasteiger charge is -2.13. The van der Waals surface area contributed by atoms with E-state index in [0.717, 1.165) is 0 Å². The lowest BCUT2D eigenvalue weighted by molar-refractivity contribution is -0.385. The number of hydrogen-bond acceptors (Lipinski definition) is 7. The van der Waals surface area contributed by atoms with Gasteiger partial charge in [-0.3, -0.25) is 19.7 Å². The van der Waals surface area contributed by atoms with Crippen LogP contribution in [0.25, 0.3) is 0 Å². The molecule has 0 heterocycles. The van der Waals surface area contributed by atoms with Gasteiger partial charge < -0.3 is 19.5 Å². The molecule has 0 aromatic heterocycles. The van der Waals surface area contributed by atoms with Gasteiger partial charge in [0, 0.05) is 25.5 Å². The van der Waals surface area contributed by atoms with Gasteiger partial charge in [-0.1, -0.05) is 0 Å². The Morgan fingerprint density at radius 3 is 2.46 bits per heavy atom. The molecule has 26 heavy (non-hydrogen) atoms. The average molecular weight is 368 g/mol. The minimum absolute atomic E-state index is 0.100. The Labute approximate surface area is 151 Å². The van der Waals surface area contributed by atoms with Gasteiger partial charge in [-0.25, -0.2) is 0 Å². The van der Waals surface area contributed by atoms with Crippen molar-refractivity contribution in [2.24, 2.45) is 0 Å². The van der Waals surface area contributed by atoms with Crippen LogP contribution >= 0.6 is 0 Å². The van der Waals surface area contributed by atoms with Gasteiger partial charge in [0.25, 0.3) is 5.69 Å². The predicted molar refractivity (Wildman–Crippen MR) is 93.4 cm³/mol. The molecule has 0 radical (unpaired) electrons. The van der Waals surface area contributed by atoms with E-state index in [1.165, 1.54) is 20.3 Å². The van der Waals surface area contributed by atoms with Gasteiger partial charge in [0.15, 0.2) is 11.5 Å². The number of rotatable bonds is 11. The third-order valence-electron chi connectivity index (χ3n) is 3.70. The molecule has 1 amide bonds. The molecule has 0 aliphatic heterocycles. The van der Waals surface area contributed by atoms with Crippen LogP contribution in [-0.4, -0.2) is 44.7 Å². The molecule has 0 saturated heterocycles. The summed E-state index contributed by atoms with van der Waals surface area (Å²) in [6.07, 6.45) is 1.69. The van der Waals surface area contributed by atoms with Crippen LogP contribution in [0.1, 0.15) is 31.2 Å². The van der Waals surface area contributed by atoms with Crippen molar-refractivity contribution in [3.63, 3.8) is 0 Å². The van der Waals surface area contributed by atoms with Gasteiger partial charge in [-0.15, -0.1) is 0 Å². The third-order valence-corrected chi connectivity index (χ3v) is 3.70. The molecular weight excluding hydrogens is 344 g/mol. The number of nitrogens with zero attached hydrogens (tertiary/aromatic N) is 1. The van der Waals surface area contributed by atoms with Crippen LogP contribution in [0.3, 0.4) is 0 Å². The molecule has 9 heteroatoms. The minimum atomic E-state index is -0.496. The van der Waals surface area contributed by atoms with Crippen molar-refractivity contribution < 1.29 is 28.7 Å². The number of nitro benzene ring substituents is 1. The van der Waals surface area contributed by atoms with Crippen LogP contribution < -0.4 is 14.8 Å². The first kappa shape index (κ1) is 21.2. The summed E-state index contributed by atoms with van der Waals surface area (Å²) < 4.78 is 15.4. The number of amides is 1. The molecule has 144 valence electrons. The summed E-state index contributed by atoms with van der Waals surface area (Å²) in [4.78, 5) is 33.2. The highest BCUT2D eigenvalue weighted by Crippen LogP contribution is 2.35. The Balaban J connectivity index is 2.85. The number of ether oxygens (including phenoxy) is 3. The first-order valence-electron chi connectivity index (χ1n) is 8.18. The second-order valence-electron chi connectivity index (χ2n) is 5.44. The Bertz CT molecular complexity index is 646. The topological polar surface area (TPSA) is 117 Å². The van der Waals surface area contributed by atoms with Gasteiger partial charge in [0.1, 0.15) is 0 Å². The molecule has 1 aromatic carbocycles. The van der Waals surface area contributed by atoms with Crippen LogP contribution in [0.5, 0.6) is 11.5 Å². The second-order valence-corrected chi connectivity index (χ2v) is 5.44. The van der Waals surface area contributed by atoms with Crippen molar-refractivity contribution >= 4 is 17.6 Å². The quantitative estimate of drug-likeness (QED) is 0.275. The van der Waals surface area contributed by atoms with E-state index in [0.29, 0.717) is 37.0 Å². The fourth-order valence-corrected chi connectivity index (χ4v) is 2.30. The molecule has 1 rings (SSSR count). The standard InChI is InChI=1S/C17H24N2O7/c1-18-16(20)7-5-9-26-15-11-13(19(22)23)12(10-14(15)24-2)6-4-8-17(21)25-3/h10-11H,4-9H2,1-3H3,(H,18,20). The fraction of sp³-hybridized carbons (Fsp3) is 0.529. The number of methoxy groups -OCH3 is 2. The van der Waals surface area contributed by atoms with E-state index in [2.05, 4.69) is 10.1 Å². The van der Waals surface area contributed by atoms with E-state index in [-0.39, 0.29) is 36.3 Å². The van der Waals surface area contributed by atoms with Crippen molar-refractivity contribution in [2.75, 3.05) is 27.9 Å². The minimum Gasteiger partial charge on any atom is -0.493 e. The van der Waals surface area contributed by atoms with E-state index in [1.807, 2.05) is 0 Å². The van der Waals surface area contributed by atoms with E-state index < -0.39 is 4.92 Å². The molecule has 1 aromatic rings. The Kier molecular flexibility index (Phi) is 8.90. The van der Waals surface area contributed by atoms with Crippen molar-refractivity contribution in [1.29, 1.82) is 0 Å². The molecule has 0 fully saturated rings. The Morgan fingerprint density at radius 1 is 1.15 bits per heavy atom. The monoisotopic (exact) mass is 368 g/mol. The number of nitro groups is 1. The lowest BCUT2D eigenvalue weighted by Crippen LogP contribution is -2.18. The summed E-state index contributed by atoms with van der Waals surface area (Å²) in [6, 6.07) is 2.86. The summed E-state index contributed by atoms with van der Waals surface area (Å²) in [5.74, 6) is 0.139. The van der Waals surface area contributed by atoms with Crippen molar-refractivity contribution in [3.8, 4) is 11.5 Å². The average Bonchev–Trinajstić information content (AvgIpc) is 2.64. The number of esters is 1. The van der Waals surface area contributed by atoms with Crippen LogP contribution in [-0.2, 0) is 20.7 Å². The second kappa shape index (κ2) is 10.9. The van der Waals surface area contributed by atoms with Crippen molar-refractivity contribution in [2.45, 2.75) is 32.1 Å². The molecule has 0 spiro atoms. The van der Waals surface area contributed by atoms with Crippen molar-refractivity contribution in [3.05, 3.63) is 27.8 Å². The van der Waals surface area contributed by atoms with Crippen LogP contribution in [0.15, 0.2) is 12.1 Å². The molecule has 0 aliphatic rings. The number of nitrogens with one attached hydrogen (secondary N) is 1. The maximum absolute atomic E-state index is 11.3. The zero-order valence-corrected chi connectivity index (χ0v) is 15.2. The number of carbonyl (C=O) groups is 2. The fourth-order valence-electron chi connectivity index (χ4n) is 2.30. The highest BCUT2D eigenvalue weighted by Gasteiger charge is 2.20. The number of hydrogen-bond donors (Lipinski definition) is 1. The molecule has 0 bridgehead atoms. The zero-order valence-electron chi connectivity index (χ0n) is 15.2. The predicted octanol–water partition coefficient (Wildman–Crippen LogP) is 2.00. The lowest BCUT2D eigenvalue weighted by atomic mass is 10.1. The zero-order chi connectivity index (χ0) is 19.5. The molecule has 0 saturated carbocycles. The third kappa shape index (κ3) is 6.58. The molecular formula is C17H24N2O7. The maximum Gasteiger partial charge on any atom is 0.305 e. The Morgan fingerprint density at radius 2 is 1.88 bits per heavy atom. The smallest absolute Gasteiger partial charge is 0.305 e. The first-order valence-corrected chi connectivity index (χ1v) is 8.18. The highest BCUT2D eigenvalue weighted by molar-refractivity contribution is 5.75. The Hall–Kier alpha value is -2.84. The van der Waals surface area contributed by atoms with Gasteiger partial charge in [-0.2, -0.15) is 0 Å². The van der Waals surface area contributed by atoms with E-state index in [9.17, 15) is 19.7 Å². The summed E-state index contributed by atoms with van der Waals surface area (Å²) in [5.41, 5.74) is 0.352. The summed E-state index contributed by atoms with van der Waals surface area (Å²) in [5, 5.41) is 13.9. The van der Waals surface area contributed by atoms with Crippen molar-refractivity contribution in [1.82, 2.24) is 5.32 Å². The van der Waals surface area contributed by atoms with Gasteiger partial charge in [0.2, 0.25) is 5.91 Å². The van der Waals surface area contributed by atoms with E-state index in [1.54, 1.807) is 13.1 Å². The molecule has 0 aliphatic carbocycles. The summed E-state index contributed by atoms with van der Waals surface area (Å²) in [7, 11) is 4.29. The largest absolute Gasteiger partial charge is 0.493 e. The molecule has 0 atom stereocenters. The van der Waals surface area contributed by atoms with E-state index >= 15 is 0 Å². The first-order chi connectivity index (χ1) is 12.4. The number of aryl methyl sites for hydroxylation is 1. The SMILES string of the molecule is CNC(=O)CCCOc1cc([N+](=O)[O-])c(CCCC(=O)OC)cc1OC. The van der Waals surface area contributed by atoms with Gasteiger partial charge >= 0.3 is 5.97 Å². The number of carbonyl (C=O) groups excluding carboxylic acids is 2. The molecule has 0 unspecified atom stereocenters. The normalized spacial score (nSPS) is 10.1. The van der Waals surface area contributed by atoms with E-state index in [4.69, 9.17) is 9.47 Å². The summed E-state index contributed by atoms with van der Waals surface area (Å²) >= 11 is 0. The van der Waals surface area contributed by atoms with Crippen LogP contribution in [0.4, 0.5) is 5.69 Å². The van der Waals surface area contributed by atoms with Crippen LogP contribution in [0, 0.1) is 10.1 Å². The van der Waals surface area contributed by atoms with Crippen LogP contribution in [0.2, 0.25) is 0 Å². The number of benzene rings is 1. The maximum atomic E-state index is 11.3. The van der Waals surface area contributed by atoms with Gasteiger partial charge in [0.05, 0.1) is 31.8 Å². The molecule has 9 nitrogen and oxygen atoms in total. The van der Waals surface area contributed by atoms with Gasteiger partial charge in [-0.05, 0) is 25.3 Å². The highest BCUT2D eigenvalue weighted by atomic mass is 16.6. The molecule has 1 N–H and O–H groups in total. The summed E-state index contributed by atoms with van der Waals surface area (Å²) in [6.45, 7) is 0.225.